The number of aryl methyl sites for hydroxylation is 1. The maximum atomic E-state index is 5.67. The molecule has 0 aliphatic carbocycles. The van der Waals surface area contributed by atoms with Gasteiger partial charge in [0.1, 0.15) is 0 Å². The smallest absolute Gasteiger partial charge is 0.407 e. The number of rotatable bonds is 8. The molecule has 1 aromatic heterocycles. The van der Waals surface area contributed by atoms with E-state index in [2.05, 4.69) is 28.9 Å². The van der Waals surface area contributed by atoms with Crippen molar-refractivity contribution in [3.8, 4) is 0 Å². The van der Waals surface area contributed by atoms with Crippen LogP contribution in [0.1, 0.15) is 57.4 Å². The van der Waals surface area contributed by atoms with Crippen LogP contribution in [-0.2, 0) is 15.7 Å². The Labute approximate surface area is 135 Å². The van der Waals surface area contributed by atoms with Gasteiger partial charge in [0.15, 0.2) is 0 Å². The van der Waals surface area contributed by atoms with Crippen molar-refractivity contribution >= 4 is 39.2 Å². The van der Waals surface area contributed by atoms with Gasteiger partial charge < -0.3 is 9.31 Å². The second-order valence-corrected chi connectivity index (χ2v) is 7.79. The van der Waals surface area contributed by atoms with Gasteiger partial charge in [-0.2, -0.15) is 0 Å². The average molecular weight is 359 g/mol. The van der Waals surface area contributed by atoms with E-state index in [9.17, 15) is 0 Å². The molecular weight excluding hydrogens is 335 g/mol. The first-order valence-electron chi connectivity index (χ1n) is 7.82. The summed E-state index contributed by atoms with van der Waals surface area (Å²) in [5.41, 5.74) is 1.42. The summed E-state index contributed by atoms with van der Waals surface area (Å²) in [6.45, 7) is 3.89. The largest absolute Gasteiger partial charge is 0.504 e. The van der Waals surface area contributed by atoms with Gasteiger partial charge in [0.05, 0.1) is 3.79 Å². The maximum Gasteiger partial charge on any atom is 0.504 e. The second-order valence-electron chi connectivity index (χ2n) is 5.39. The summed E-state index contributed by atoms with van der Waals surface area (Å²) >= 11 is 5.44. The molecule has 112 valence electrons. The summed E-state index contributed by atoms with van der Waals surface area (Å²) < 4.78 is 13.8. The van der Waals surface area contributed by atoms with Gasteiger partial charge in [-0.25, -0.2) is 0 Å². The van der Waals surface area contributed by atoms with Crippen molar-refractivity contribution in [3.63, 3.8) is 0 Å². The summed E-state index contributed by atoms with van der Waals surface area (Å²) in [4.78, 5) is 0. The van der Waals surface area contributed by atoms with Crippen molar-refractivity contribution in [2.24, 2.45) is 0 Å². The predicted octanol–water partition coefficient (Wildman–Crippen LogP) is 4.55. The van der Waals surface area contributed by atoms with Crippen LogP contribution in [0.25, 0.3) is 0 Å². The molecule has 0 unspecified atom stereocenters. The molecule has 0 amide bonds. The van der Waals surface area contributed by atoms with Gasteiger partial charge >= 0.3 is 7.12 Å². The molecule has 0 radical (unpaired) electrons. The third-order valence-corrected chi connectivity index (χ3v) is 5.62. The number of unbranched alkanes of at least 4 members (excludes halogenated alkanes) is 5. The Kier molecular flexibility index (Phi) is 7.64. The van der Waals surface area contributed by atoms with Crippen LogP contribution in [0.3, 0.4) is 0 Å². The number of thiophene rings is 1. The normalized spacial score (nSPS) is 15.8. The highest BCUT2D eigenvalue weighted by atomic mass is 79.9. The van der Waals surface area contributed by atoms with Crippen molar-refractivity contribution in [2.45, 2.75) is 58.3 Å². The second kappa shape index (κ2) is 9.24. The van der Waals surface area contributed by atoms with Crippen LogP contribution in [0.2, 0.25) is 0 Å². The van der Waals surface area contributed by atoms with E-state index in [4.69, 9.17) is 9.31 Å². The first kappa shape index (κ1) is 16.5. The van der Waals surface area contributed by atoms with Gasteiger partial charge in [0, 0.05) is 18.0 Å². The molecule has 0 saturated carbocycles. The Morgan fingerprint density at radius 3 is 2.60 bits per heavy atom. The number of hydrogen-bond donors (Lipinski definition) is 0. The van der Waals surface area contributed by atoms with Gasteiger partial charge in [-0.05, 0) is 46.8 Å². The molecule has 1 fully saturated rings. The van der Waals surface area contributed by atoms with Crippen LogP contribution in [0.5, 0.6) is 0 Å². The lowest BCUT2D eigenvalue weighted by atomic mass is 9.85. The zero-order valence-corrected chi connectivity index (χ0v) is 14.7. The third kappa shape index (κ3) is 5.17. The molecule has 2 rings (SSSR count). The van der Waals surface area contributed by atoms with Crippen molar-refractivity contribution < 1.29 is 9.31 Å². The van der Waals surface area contributed by atoms with Crippen LogP contribution in [0, 0.1) is 0 Å². The van der Waals surface area contributed by atoms with Crippen molar-refractivity contribution in [1.29, 1.82) is 0 Å². The molecule has 1 aliphatic heterocycles. The molecule has 1 saturated heterocycles. The van der Waals surface area contributed by atoms with Crippen molar-refractivity contribution in [2.75, 3.05) is 13.2 Å². The van der Waals surface area contributed by atoms with E-state index in [-0.39, 0.29) is 7.12 Å². The van der Waals surface area contributed by atoms with Crippen LogP contribution in [-0.4, -0.2) is 20.3 Å². The van der Waals surface area contributed by atoms with E-state index in [1.165, 1.54) is 52.7 Å². The molecule has 2 nitrogen and oxygen atoms in total. The molecule has 0 bridgehead atoms. The standard InChI is InChI=1S/C15H24BBrO2S/c1-2-3-4-5-6-7-9-13-12-14(20-15(13)17)16-18-10-8-11-19-16/h12H,2-11H2,1H3. The molecule has 0 aromatic carbocycles. The fraction of sp³-hybridized carbons (Fsp3) is 0.733. The third-order valence-electron chi connectivity index (χ3n) is 3.64. The van der Waals surface area contributed by atoms with E-state index in [1.54, 1.807) is 11.3 Å². The molecule has 1 aliphatic rings. The Balaban J connectivity index is 1.75. The first-order chi connectivity index (χ1) is 9.81. The van der Waals surface area contributed by atoms with Gasteiger partial charge in [-0.3, -0.25) is 0 Å². The average Bonchev–Trinajstić information content (AvgIpc) is 2.85. The number of hydrogen-bond acceptors (Lipinski definition) is 3. The van der Waals surface area contributed by atoms with E-state index in [0.717, 1.165) is 26.1 Å². The SMILES string of the molecule is CCCCCCCCc1cc(B2OCCCO2)sc1Br. The van der Waals surface area contributed by atoms with Gasteiger partial charge in [0.2, 0.25) is 0 Å². The highest BCUT2D eigenvalue weighted by Crippen LogP contribution is 2.25. The highest BCUT2D eigenvalue weighted by Gasteiger charge is 2.27. The molecule has 0 N–H and O–H groups in total. The monoisotopic (exact) mass is 358 g/mol. The van der Waals surface area contributed by atoms with Gasteiger partial charge in [-0.1, -0.05) is 39.0 Å². The summed E-state index contributed by atoms with van der Waals surface area (Å²) in [6, 6.07) is 2.26. The Bertz CT molecular complexity index is 391. The van der Waals surface area contributed by atoms with E-state index < -0.39 is 0 Å². The Hall–Kier alpha value is 0.165. The molecule has 1 aromatic rings. The van der Waals surface area contributed by atoms with Gasteiger partial charge in [-0.15, -0.1) is 11.3 Å². The fourth-order valence-electron chi connectivity index (χ4n) is 2.46. The summed E-state index contributed by atoms with van der Waals surface area (Å²) in [5.74, 6) is 0. The first-order valence-corrected chi connectivity index (χ1v) is 9.43. The highest BCUT2D eigenvalue weighted by molar-refractivity contribution is 9.11. The topological polar surface area (TPSA) is 18.5 Å². The van der Waals surface area contributed by atoms with Crippen LogP contribution >= 0.6 is 27.3 Å². The zero-order chi connectivity index (χ0) is 14.2. The zero-order valence-electron chi connectivity index (χ0n) is 12.3. The lowest BCUT2D eigenvalue weighted by Gasteiger charge is -2.18. The lowest BCUT2D eigenvalue weighted by Crippen LogP contribution is -2.39. The van der Waals surface area contributed by atoms with E-state index >= 15 is 0 Å². The molecule has 0 spiro atoms. The minimum Gasteiger partial charge on any atom is -0.407 e. The summed E-state index contributed by atoms with van der Waals surface area (Å²) in [6.07, 6.45) is 10.2. The lowest BCUT2D eigenvalue weighted by molar-refractivity contribution is 0.144. The van der Waals surface area contributed by atoms with E-state index in [1.807, 2.05) is 0 Å². The Morgan fingerprint density at radius 2 is 1.85 bits per heavy atom. The molecule has 2 heterocycles. The quantitative estimate of drug-likeness (QED) is 0.501. The maximum absolute atomic E-state index is 5.67. The minimum atomic E-state index is -0.136. The van der Waals surface area contributed by atoms with Crippen LogP contribution < -0.4 is 4.78 Å². The summed E-state index contributed by atoms with van der Waals surface area (Å²) in [7, 11) is -0.136. The van der Waals surface area contributed by atoms with Crippen LogP contribution in [0.4, 0.5) is 0 Å². The minimum absolute atomic E-state index is 0.136. The predicted molar refractivity (Wildman–Crippen MR) is 91.0 cm³/mol. The molecule has 20 heavy (non-hydrogen) atoms. The van der Waals surface area contributed by atoms with Crippen LogP contribution in [0.15, 0.2) is 9.85 Å². The summed E-state index contributed by atoms with van der Waals surface area (Å²) in [5, 5.41) is 0. The van der Waals surface area contributed by atoms with Gasteiger partial charge in [0.25, 0.3) is 0 Å². The molecular formula is C15H24BBrO2S. The van der Waals surface area contributed by atoms with Crippen molar-refractivity contribution in [1.82, 2.24) is 0 Å². The molecule has 5 heteroatoms. The van der Waals surface area contributed by atoms with E-state index in [0.29, 0.717) is 0 Å². The Morgan fingerprint density at radius 1 is 1.15 bits per heavy atom. The van der Waals surface area contributed by atoms with Crippen molar-refractivity contribution in [3.05, 3.63) is 15.4 Å². The number of halogens is 1. The fourth-order valence-corrected chi connectivity index (χ4v) is 4.27. The molecule has 0 atom stereocenters.